The minimum Gasteiger partial charge on any atom is -0.490 e. The highest BCUT2D eigenvalue weighted by molar-refractivity contribution is 5.95. The van der Waals surface area contributed by atoms with Gasteiger partial charge in [0, 0.05) is 31.5 Å². The van der Waals surface area contributed by atoms with Gasteiger partial charge in [0.1, 0.15) is 11.9 Å². The molecule has 0 unspecified atom stereocenters. The lowest BCUT2D eigenvalue weighted by Gasteiger charge is -2.32. The zero-order valence-electron chi connectivity index (χ0n) is 13.3. The van der Waals surface area contributed by atoms with Crippen LogP contribution in [-0.4, -0.2) is 36.8 Å². The first-order valence-corrected chi connectivity index (χ1v) is 8.20. The average molecular weight is 325 g/mol. The number of nitrogens with zero attached hydrogens (tertiary/aromatic N) is 1. The quantitative estimate of drug-likeness (QED) is 0.870. The molecule has 4 rings (SSSR count). The molecule has 0 bridgehead atoms. The Bertz CT molecular complexity index is 723. The molecule has 2 aliphatic heterocycles. The summed E-state index contributed by atoms with van der Waals surface area (Å²) in [5, 5.41) is 0. The molecule has 0 saturated carbocycles. The summed E-state index contributed by atoms with van der Waals surface area (Å²) in [6.45, 7) is 1.62. The van der Waals surface area contributed by atoms with Crippen molar-refractivity contribution in [2.45, 2.75) is 18.9 Å². The number of hydrogen-bond donors (Lipinski definition) is 0. The van der Waals surface area contributed by atoms with Crippen molar-refractivity contribution in [2.24, 2.45) is 0 Å². The number of carbonyl (C=O) groups is 1. The van der Waals surface area contributed by atoms with Crippen LogP contribution in [0.25, 0.3) is 0 Å². The maximum atomic E-state index is 12.7. The van der Waals surface area contributed by atoms with Gasteiger partial charge in [0.25, 0.3) is 5.91 Å². The van der Waals surface area contributed by atoms with Crippen molar-refractivity contribution in [3.8, 4) is 17.2 Å². The molecule has 5 nitrogen and oxygen atoms in total. The third kappa shape index (κ3) is 3.02. The van der Waals surface area contributed by atoms with Gasteiger partial charge in [0.2, 0.25) is 6.79 Å². The molecule has 1 fully saturated rings. The number of piperidine rings is 1. The van der Waals surface area contributed by atoms with E-state index in [0.717, 1.165) is 18.6 Å². The molecular formula is C19H19NO4. The van der Waals surface area contributed by atoms with E-state index in [1.807, 2.05) is 35.2 Å². The molecule has 0 aliphatic carbocycles. The van der Waals surface area contributed by atoms with Crippen molar-refractivity contribution in [3.05, 3.63) is 54.1 Å². The third-order valence-electron chi connectivity index (χ3n) is 4.39. The predicted octanol–water partition coefficient (Wildman–Crippen LogP) is 3.10. The lowest BCUT2D eigenvalue weighted by atomic mass is 10.1. The van der Waals surface area contributed by atoms with E-state index in [4.69, 9.17) is 14.2 Å². The van der Waals surface area contributed by atoms with E-state index in [0.29, 0.717) is 30.2 Å². The van der Waals surface area contributed by atoms with Gasteiger partial charge in [-0.3, -0.25) is 4.79 Å². The third-order valence-corrected chi connectivity index (χ3v) is 4.39. The lowest BCUT2D eigenvalue weighted by molar-refractivity contribution is 0.0595. The highest BCUT2D eigenvalue weighted by Gasteiger charge is 2.26. The van der Waals surface area contributed by atoms with Gasteiger partial charge in [0.15, 0.2) is 11.5 Å². The molecule has 124 valence electrons. The first kappa shape index (κ1) is 14.9. The number of rotatable bonds is 3. The van der Waals surface area contributed by atoms with Gasteiger partial charge < -0.3 is 19.1 Å². The SMILES string of the molecule is O=C(c1ccc2c(c1)OCO2)N1CCC(Oc2ccccc2)CC1. The second-order valence-electron chi connectivity index (χ2n) is 5.99. The zero-order chi connectivity index (χ0) is 16.4. The number of fused-ring (bicyclic) bond motifs is 1. The Kier molecular flexibility index (Phi) is 3.99. The Morgan fingerprint density at radius 3 is 2.54 bits per heavy atom. The Balaban J connectivity index is 1.36. The smallest absolute Gasteiger partial charge is 0.253 e. The summed E-state index contributed by atoms with van der Waals surface area (Å²) < 4.78 is 16.6. The van der Waals surface area contributed by atoms with E-state index >= 15 is 0 Å². The molecule has 2 aromatic carbocycles. The Hall–Kier alpha value is -2.69. The summed E-state index contributed by atoms with van der Waals surface area (Å²) in [4.78, 5) is 14.5. The van der Waals surface area contributed by atoms with Crippen molar-refractivity contribution in [3.63, 3.8) is 0 Å². The first-order chi connectivity index (χ1) is 11.8. The van der Waals surface area contributed by atoms with Gasteiger partial charge >= 0.3 is 0 Å². The fourth-order valence-electron chi connectivity index (χ4n) is 3.08. The minimum absolute atomic E-state index is 0.0338. The van der Waals surface area contributed by atoms with Crippen LogP contribution in [0.4, 0.5) is 0 Å². The maximum absolute atomic E-state index is 12.7. The second-order valence-corrected chi connectivity index (χ2v) is 5.99. The largest absolute Gasteiger partial charge is 0.490 e. The molecule has 1 amide bonds. The molecular weight excluding hydrogens is 306 g/mol. The molecule has 24 heavy (non-hydrogen) atoms. The van der Waals surface area contributed by atoms with Gasteiger partial charge in [-0.15, -0.1) is 0 Å². The van der Waals surface area contributed by atoms with Crippen LogP contribution in [0.3, 0.4) is 0 Å². The number of ether oxygens (including phenoxy) is 3. The number of benzene rings is 2. The molecule has 1 saturated heterocycles. The van der Waals surface area contributed by atoms with Crippen LogP contribution in [0, 0.1) is 0 Å². The van der Waals surface area contributed by atoms with E-state index in [1.54, 1.807) is 18.2 Å². The van der Waals surface area contributed by atoms with Crippen molar-refractivity contribution in [1.82, 2.24) is 4.90 Å². The Morgan fingerprint density at radius 1 is 1.00 bits per heavy atom. The topological polar surface area (TPSA) is 48.0 Å². The van der Waals surface area contributed by atoms with Crippen molar-refractivity contribution in [1.29, 1.82) is 0 Å². The Morgan fingerprint density at radius 2 is 1.75 bits per heavy atom. The van der Waals surface area contributed by atoms with Crippen LogP contribution in [0.5, 0.6) is 17.2 Å². The van der Waals surface area contributed by atoms with Gasteiger partial charge in [-0.05, 0) is 30.3 Å². The lowest BCUT2D eigenvalue weighted by Crippen LogP contribution is -2.41. The van der Waals surface area contributed by atoms with Crippen molar-refractivity contribution >= 4 is 5.91 Å². The van der Waals surface area contributed by atoms with Crippen LogP contribution < -0.4 is 14.2 Å². The summed E-state index contributed by atoms with van der Waals surface area (Å²) in [7, 11) is 0. The fraction of sp³-hybridized carbons (Fsp3) is 0.316. The molecule has 0 N–H and O–H groups in total. The average Bonchev–Trinajstić information content (AvgIpc) is 3.10. The van der Waals surface area contributed by atoms with E-state index in [2.05, 4.69) is 0 Å². The molecule has 0 atom stereocenters. The van der Waals surface area contributed by atoms with Crippen molar-refractivity contribution in [2.75, 3.05) is 19.9 Å². The normalized spacial score (nSPS) is 16.9. The second kappa shape index (κ2) is 6.43. The Labute approximate surface area is 140 Å². The monoisotopic (exact) mass is 325 g/mol. The standard InChI is InChI=1S/C19H19NO4/c21-19(14-6-7-17-18(12-14)23-13-22-17)20-10-8-16(9-11-20)24-15-4-2-1-3-5-15/h1-7,12,16H,8-11,13H2. The van der Waals surface area contributed by atoms with E-state index < -0.39 is 0 Å². The van der Waals surface area contributed by atoms with Crippen LogP contribution in [0.1, 0.15) is 23.2 Å². The van der Waals surface area contributed by atoms with Crippen LogP contribution in [0.15, 0.2) is 48.5 Å². The molecule has 2 aromatic rings. The summed E-state index contributed by atoms with van der Waals surface area (Å²) in [6.07, 6.45) is 1.84. The highest BCUT2D eigenvalue weighted by atomic mass is 16.7. The summed E-state index contributed by atoms with van der Waals surface area (Å²) in [5.41, 5.74) is 0.640. The summed E-state index contributed by atoms with van der Waals surface area (Å²) in [6, 6.07) is 15.2. The minimum atomic E-state index is 0.0338. The number of carbonyl (C=O) groups excluding carboxylic acids is 1. The predicted molar refractivity (Wildman–Crippen MR) is 88.6 cm³/mol. The van der Waals surface area contributed by atoms with Gasteiger partial charge in [-0.25, -0.2) is 0 Å². The first-order valence-electron chi connectivity index (χ1n) is 8.20. The maximum Gasteiger partial charge on any atom is 0.253 e. The zero-order valence-corrected chi connectivity index (χ0v) is 13.3. The van der Waals surface area contributed by atoms with Crippen LogP contribution in [0.2, 0.25) is 0 Å². The number of hydrogen-bond acceptors (Lipinski definition) is 4. The fourth-order valence-corrected chi connectivity index (χ4v) is 3.08. The highest BCUT2D eigenvalue weighted by Crippen LogP contribution is 2.33. The molecule has 0 radical (unpaired) electrons. The van der Waals surface area contributed by atoms with E-state index in [9.17, 15) is 4.79 Å². The number of likely N-dealkylation sites (tertiary alicyclic amines) is 1. The molecule has 2 heterocycles. The summed E-state index contributed by atoms with van der Waals surface area (Å²) in [5.74, 6) is 2.26. The van der Waals surface area contributed by atoms with E-state index in [1.165, 1.54) is 0 Å². The number of amides is 1. The van der Waals surface area contributed by atoms with Crippen LogP contribution >= 0.6 is 0 Å². The molecule has 5 heteroatoms. The summed E-state index contributed by atoms with van der Waals surface area (Å²) >= 11 is 0. The molecule has 0 spiro atoms. The van der Waals surface area contributed by atoms with Crippen molar-refractivity contribution < 1.29 is 19.0 Å². The van der Waals surface area contributed by atoms with Crippen LogP contribution in [-0.2, 0) is 0 Å². The van der Waals surface area contributed by atoms with Gasteiger partial charge in [-0.1, -0.05) is 18.2 Å². The number of para-hydroxylation sites is 1. The molecule has 0 aromatic heterocycles. The molecule has 2 aliphatic rings. The van der Waals surface area contributed by atoms with E-state index in [-0.39, 0.29) is 18.8 Å². The van der Waals surface area contributed by atoms with Gasteiger partial charge in [0.05, 0.1) is 0 Å². The van der Waals surface area contributed by atoms with Gasteiger partial charge in [-0.2, -0.15) is 0 Å².